The van der Waals surface area contributed by atoms with Crippen molar-refractivity contribution >= 4 is 0 Å². The van der Waals surface area contributed by atoms with Gasteiger partial charge < -0.3 is 9.84 Å². The molecule has 1 heterocycles. The first-order valence-corrected chi connectivity index (χ1v) is 13.1. The van der Waals surface area contributed by atoms with E-state index in [1.54, 1.807) is 16.7 Å². The van der Waals surface area contributed by atoms with E-state index in [-0.39, 0.29) is 16.9 Å². The normalized spacial score (nSPS) is 43.7. The molecule has 0 aromatic heterocycles. The molecule has 5 aliphatic rings. The first-order chi connectivity index (χ1) is 14.7. The van der Waals surface area contributed by atoms with Gasteiger partial charge in [-0.3, -0.25) is 4.90 Å². The van der Waals surface area contributed by atoms with Gasteiger partial charge in [-0.25, -0.2) is 0 Å². The minimum Gasteiger partial charge on any atom is -0.393 e. The second-order valence-electron chi connectivity index (χ2n) is 12.6. The van der Waals surface area contributed by atoms with E-state index < -0.39 is 0 Å². The van der Waals surface area contributed by atoms with Gasteiger partial charge in [-0.1, -0.05) is 46.3 Å². The number of rotatable bonds is 3. The maximum absolute atomic E-state index is 10.8. The van der Waals surface area contributed by atoms with Crippen LogP contribution in [-0.2, 0) is 4.74 Å². The van der Waals surface area contributed by atoms with Crippen molar-refractivity contribution in [3.8, 4) is 0 Å². The van der Waals surface area contributed by atoms with Crippen LogP contribution >= 0.6 is 0 Å². The highest BCUT2D eigenvalue weighted by atomic mass is 16.5. The van der Waals surface area contributed by atoms with Crippen molar-refractivity contribution in [2.75, 3.05) is 32.8 Å². The molecule has 0 bridgehead atoms. The highest BCUT2D eigenvalue weighted by Crippen LogP contribution is 2.66. The number of morpholine rings is 1. The zero-order chi connectivity index (χ0) is 22.0. The molecular formula is C28H45NO2. The fraction of sp³-hybridized carbons (Fsp3) is 0.857. The molecule has 1 saturated carbocycles. The molecule has 5 rings (SSSR count). The number of hydrogen-bond donors (Lipinski definition) is 1. The molecule has 174 valence electrons. The second kappa shape index (κ2) is 7.71. The topological polar surface area (TPSA) is 32.7 Å². The molecule has 3 nitrogen and oxygen atoms in total. The number of hydrogen-bond acceptors (Lipinski definition) is 3. The van der Waals surface area contributed by atoms with Crippen LogP contribution in [0.25, 0.3) is 0 Å². The zero-order valence-electron chi connectivity index (χ0n) is 20.7. The molecule has 0 aromatic carbocycles. The molecule has 1 aliphatic heterocycles. The Labute approximate surface area is 190 Å². The summed E-state index contributed by atoms with van der Waals surface area (Å²) >= 11 is 0. The summed E-state index contributed by atoms with van der Waals surface area (Å²) in [5.41, 5.74) is 5.95. The number of nitrogens with zero attached hydrogens (tertiary/aromatic N) is 1. The van der Waals surface area contributed by atoms with Gasteiger partial charge in [0.25, 0.3) is 0 Å². The predicted molar refractivity (Wildman–Crippen MR) is 127 cm³/mol. The third-order valence-corrected chi connectivity index (χ3v) is 10.8. The van der Waals surface area contributed by atoms with Crippen molar-refractivity contribution in [3.05, 3.63) is 22.8 Å². The van der Waals surface area contributed by atoms with Crippen molar-refractivity contribution in [1.29, 1.82) is 0 Å². The Morgan fingerprint density at radius 3 is 2.55 bits per heavy atom. The average Bonchev–Trinajstić information content (AvgIpc) is 3.09. The third kappa shape index (κ3) is 3.32. The standard InChI is InChI=1S/C28H45NO2/c1-19(18-29-14-16-31-17-15-29)21-7-8-22-20-6-9-24-26(2,3)25(30)11-13-28(24,5)23(20)10-12-27(21,22)4/h8,19,21,24-25,30H,6-7,9-18H2,1-5H3/t19-,21+,24-,25-,27+,28+/m0/s1. The summed E-state index contributed by atoms with van der Waals surface area (Å²) < 4.78 is 5.57. The van der Waals surface area contributed by atoms with Crippen molar-refractivity contribution in [2.45, 2.75) is 85.7 Å². The Balaban J connectivity index is 1.40. The summed E-state index contributed by atoms with van der Waals surface area (Å²) in [7, 11) is 0. The van der Waals surface area contributed by atoms with Crippen LogP contribution in [0.5, 0.6) is 0 Å². The lowest BCUT2D eigenvalue weighted by Crippen LogP contribution is -2.53. The van der Waals surface area contributed by atoms with E-state index in [9.17, 15) is 5.11 Å². The van der Waals surface area contributed by atoms with Crippen LogP contribution in [0, 0.1) is 34.0 Å². The third-order valence-electron chi connectivity index (χ3n) is 10.8. The summed E-state index contributed by atoms with van der Waals surface area (Å²) in [6.45, 7) is 17.5. The van der Waals surface area contributed by atoms with Crippen LogP contribution in [0.15, 0.2) is 22.8 Å². The molecule has 2 fully saturated rings. The van der Waals surface area contributed by atoms with E-state index in [4.69, 9.17) is 4.74 Å². The van der Waals surface area contributed by atoms with Gasteiger partial charge >= 0.3 is 0 Å². The Morgan fingerprint density at radius 2 is 1.81 bits per heavy atom. The average molecular weight is 428 g/mol. The molecule has 3 heteroatoms. The van der Waals surface area contributed by atoms with Crippen LogP contribution in [0.2, 0.25) is 0 Å². The van der Waals surface area contributed by atoms with E-state index in [0.717, 1.165) is 44.6 Å². The second-order valence-corrected chi connectivity index (χ2v) is 12.6. The largest absolute Gasteiger partial charge is 0.393 e. The van der Waals surface area contributed by atoms with E-state index in [2.05, 4.69) is 45.6 Å². The van der Waals surface area contributed by atoms with Crippen LogP contribution in [0.4, 0.5) is 0 Å². The SMILES string of the molecule is C[C@@H](CN1CCOCC1)[C@H]1CC=C2C3=C(CC[C@@]21C)[C@@]1(C)CC[C@H](O)C(C)(C)[C@@H]1CC3. The number of fused-ring (bicyclic) bond motifs is 4. The molecule has 1 saturated heterocycles. The van der Waals surface area contributed by atoms with Crippen LogP contribution in [0.1, 0.15) is 79.6 Å². The smallest absolute Gasteiger partial charge is 0.0594 e. The van der Waals surface area contributed by atoms with Gasteiger partial charge in [-0.2, -0.15) is 0 Å². The zero-order valence-corrected chi connectivity index (χ0v) is 20.7. The minimum atomic E-state index is -0.141. The minimum absolute atomic E-state index is 0.0333. The first-order valence-electron chi connectivity index (χ1n) is 13.1. The van der Waals surface area contributed by atoms with Crippen molar-refractivity contribution in [2.24, 2.45) is 34.0 Å². The molecule has 0 unspecified atom stereocenters. The van der Waals surface area contributed by atoms with E-state index in [1.807, 2.05) is 0 Å². The number of allylic oxidation sites excluding steroid dienone is 4. The monoisotopic (exact) mass is 427 g/mol. The fourth-order valence-corrected chi connectivity index (χ4v) is 8.89. The first kappa shape index (κ1) is 22.2. The lowest BCUT2D eigenvalue weighted by atomic mass is 9.46. The molecule has 0 radical (unpaired) electrons. The Hall–Kier alpha value is -0.640. The highest BCUT2D eigenvalue weighted by molar-refractivity contribution is 5.49. The summed E-state index contributed by atoms with van der Waals surface area (Å²) in [4.78, 5) is 2.63. The number of aliphatic hydroxyl groups excluding tert-OH is 1. The molecule has 0 amide bonds. The van der Waals surface area contributed by atoms with Crippen LogP contribution in [0.3, 0.4) is 0 Å². The summed E-state index contributed by atoms with van der Waals surface area (Å²) in [5.74, 6) is 2.12. The molecule has 4 aliphatic carbocycles. The Bertz CT molecular complexity index is 776. The van der Waals surface area contributed by atoms with E-state index in [1.165, 1.54) is 45.1 Å². The number of ether oxygens (including phenoxy) is 1. The maximum atomic E-state index is 10.8. The molecular weight excluding hydrogens is 382 g/mol. The van der Waals surface area contributed by atoms with Gasteiger partial charge in [-0.05, 0) is 90.1 Å². The fourth-order valence-electron chi connectivity index (χ4n) is 8.89. The van der Waals surface area contributed by atoms with Crippen LogP contribution < -0.4 is 0 Å². The van der Waals surface area contributed by atoms with Gasteiger partial charge in [0, 0.05) is 19.6 Å². The van der Waals surface area contributed by atoms with Crippen molar-refractivity contribution in [3.63, 3.8) is 0 Å². The van der Waals surface area contributed by atoms with Gasteiger partial charge in [0.05, 0.1) is 19.3 Å². The van der Waals surface area contributed by atoms with E-state index in [0.29, 0.717) is 11.3 Å². The lowest BCUT2D eigenvalue weighted by molar-refractivity contribution is -0.0905. The van der Waals surface area contributed by atoms with Gasteiger partial charge in [0.2, 0.25) is 0 Å². The predicted octanol–water partition coefficient (Wildman–Crippen LogP) is 5.59. The molecule has 31 heavy (non-hydrogen) atoms. The number of aliphatic hydroxyl groups is 1. The molecule has 1 N–H and O–H groups in total. The van der Waals surface area contributed by atoms with Crippen molar-refractivity contribution < 1.29 is 9.84 Å². The molecule has 6 atom stereocenters. The van der Waals surface area contributed by atoms with Gasteiger partial charge in [0.15, 0.2) is 0 Å². The molecule has 0 spiro atoms. The Morgan fingerprint density at radius 1 is 1.06 bits per heavy atom. The van der Waals surface area contributed by atoms with E-state index >= 15 is 0 Å². The maximum Gasteiger partial charge on any atom is 0.0594 e. The molecule has 0 aromatic rings. The van der Waals surface area contributed by atoms with Crippen LogP contribution in [-0.4, -0.2) is 49.0 Å². The summed E-state index contributed by atoms with van der Waals surface area (Å²) in [6.07, 6.45) is 11.0. The Kier molecular flexibility index (Phi) is 5.51. The quantitative estimate of drug-likeness (QED) is 0.637. The van der Waals surface area contributed by atoms with Crippen molar-refractivity contribution in [1.82, 2.24) is 4.90 Å². The van der Waals surface area contributed by atoms with Gasteiger partial charge in [-0.15, -0.1) is 0 Å². The van der Waals surface area contributed by atoms with Gasteiger partial charge in [0.1, 0.15) is 0 Å². The highest BCUT2D eigenvalue weighted by Gasteiger charge is 2.57. The summed E-state index contributed by atoms with van der Waals surface area (Å²) in [5, 5.41) is 10.8. The summed E-state index contributed by atoms with van der Waals surface area (Å²) in [6, 6.07) is 0. The lowest BCUT2D eigenvalue weighted by Gasteiger charge is -2.59.